The molecule has 3 unspecified atom stereocenters. The van der Waals surface area contributed by atoms with Gasteiger partial charge in [0.15, 0.2) is 0 Å². The lowest BCUT2D eigenvalue weighted by Crippen LogP contribution is -2.15. The summed E-state index contributed by atoms with van der Waals surface area (Å²) in [5.41, 5.74) is 1.40. The van der Waals surface area contributed by atoms with Crippen LogP contribution in [-0.2, 0) is 9.59 Å². The molecule has 0 aliphatic heterocycles. The Labute approximate surface area is 143 Å². The number of amides is 1. The first-order valence-corrected chi connectivity index (χ1v) is 7.95. The van der Waals surface area contributed by atoms with Crippen LogP contribution in [0.25, 0.3) is 0 Å². The van der Waals surface area contributed by atoms with Crippen molar-refractivity contribution in [3.63, 3.8) is 0 Å². The summed E-state index contributed by atoms with van der Waals surface area (Å²) in [6, 6.07) is 9.81. The quantitative estimate of drug-likeness (QED) is 0.864. The van der Waals surface area contributed by atoms with E-state index in [0.29, 0.717) is 17.7 Å². The molecule has 2 N–H and O–H groups in total. The molecule has 0 radical (unpaired) electrons. The maximum atomic E-state index is 13.8. The van der Waals surface area contributed by atoms with Crippen LogP contribution in [0.5, 0.6) is 0 Å². The molecule has 0 bridgehead atoms. The molecule has 0 saturated heterocycles. The second-order valence-corrected chi connectivity index (χ2v) is 6.29. The molecule has 4 nitrogen and oxygen atoms in total. The van der Waals surface area contributed by atoms with E-state index in [1.807, 2.05) is 0 Å². The molecule has 130 valence electrons. The van der Waals surface area contributed by atoms with Gasteiger partial charge in [-0.3, -0.25) is 9.59 Å². The van der Waals surface area contributed by atoms with Crippen molar-refractivity contribution in [2.24, 2.45) is 5.92 Å². The Morgan fingerprint density at radius 1 is 1.16 bits per heavy atom. The molecule has 0 spiro atoms. The van der Waals surface area contributed by atoms with Crippen LogP contribution in [0.2, 0.25) is 0 Å². The van der Waals surface area contributed by atoms with Crippen molar-refractivity contribution in [1.82, 2.24) is 0 Å². The van der Waals surface area contributed by atoms with Gasteiger partial charge in [-0.25, -0.2) is 8.78 Å². The molecular weight excluding hydrogens is 328 g/mol. The number of nitrogens with one attached hydrogen (secondary N) is 1. The van der Waals surface area contributed by atoms with Gasteiger partial charge in [-0.2, -0.15) is 0 Å². The average Bonchev–Trinajstić information content (AvgIpc) is 3.37. The van der Waals surface area contributed by atoms with Gasteiger partial charge in [0, 0.05) is 11.6 Å². The van der Waals surface area contributed by atoms with Gasteiger partial charge in [-0.05, 0) is 60.7 Å². The highest BCUT2D eigenvalue weighted by Gasteiger charge is 2.45. The van der Waals surface area contributed by atoms with Gasteiger partial charge in [0.1, 0.15) is 11.6 Å². The van der Waals surface area contributed by atoms with E-state index in [1.165, 1.54) is 0 Å². The summed E-state index contributed by atoms with van der Waals surface area (Å²) in [6.45, 7) is 1.58. The maximum absolute atomic E-state index is 13.8. The first kappa shape index (κ1) is 17.1. The van der Waals surface area contributed by atoms with Crippen LogP contribution in [0.15, 0.2) is 42.5 Å². The fraction of sp³-hybridized carbons (Fsp3) is 0.263. The van der Waals surface area contributed by atoms with E-state index >= 15 is 0 Å². The summed E-state index contributed by atoms with van der Waals surface area (Å²) >= 11 is 0. The number of benzene rings is 2. The molecule has 1 amide bonds. The van der Waals surface area contributed by atoms with Gasteiger partial charge in [-0.1, -0.05) is 12.1 Å². The molecule has 25 heavy (non-hydrogen) atoms. The molecule has 3 atom stereocenters. The zero-order valence-corrected chi connectivity index (χ0v) is 13.5. The highest BCUT2D eigenvalue weighted by molar-refractivity contribution is 5.95. The van der Waals surface area contributed by atoms with Crippen molar-refractivity contribution in [1.29, 1.82) is 0 Å². The van der Waals surface area contributed by atoms with Crippen LogP contribution >= 0.6 is 0 Å². The van der Waals surface area contributed by atoms with E-state index in [4.69, 9.17) is 5.11 Å². The standard InChI is InChI=1S/C19H17F2NO3/c1-10(19(24)25)11-2-5-13(6-3-11)22-18(23)16-9-14(16)15-8-12(20)4-7-17(15)21/h2-8,10,14,16H,9H2,1H3,(H,22,23)(H,24,25). The highest BCUT2D eigenvalue weighted by Crippen LogP contribution is 2.48. The monoisotopic (exact) mass is 345 g/mol. The summed E-state index contributed by atoms with van der Waals surface area (Å²) in [7, 11) is 0. The molecule has 2 aromatic carbocycles. The van der Waals surface area contributed by atoms with Gasteiger partial charge in [-0.15, -0.1) is 0 Å². The Balaban J connectivity index is 1.64. The minimum absolute atomic E-state index is 0.228. The third-order valence-corrected chi connectivity index (χ3v) is 4.53. The van der Waals surface area contributed by atoms with Crippen molar-refractivity contribution < 1.29 is 23.5 Å². The van der Waals surface area contributed by atoms with E-state index in [1.54, 1.807) is 31.2 Å². The van der Waals surface area contributed by atoms with Crippen LogP contribution < -0.4 is 5.32 Å². The molecule has 1 saturated carbocycles. The number of carbonyl (C=O) groups is 2. The van der Waals surface area contributed by atoms with E-state index in [2.05, 4.69) is 5.32 Å². The van der Waals surface area contributed by atoms with E-state index in [0.717, 1.165) is 18.2 Å². The zero-order valence-electron chi connectivity index (χ0n) is 13.5. The highest BCUT2D eigenvalue weighted by atomic mass is 19.1. The number of carbonyl (C=O) groups excluding carboxylic acids is 1. The molecule has 1 fully saturated rings. The number of hydrogen-bond donors (Lipinski definition) is 2. The maximum Gasteiger partial charge on any atom is 0.310 e. The summed E-state index contributed by atoms with van der Waals surface area (Å²) in [6.07, 6.45) is 0.473. The predicted octanol–water partition coefficient (Wildman–Crippen LogP) is 3.90. The molecular formula is C19H17F2NO3. The zero-order chi connectivity index (χ0) is 18.1. The summed E-state index contributed by atoms with van der Waals surface area (Å²) in [5.74, 6) is -3.55. The van der Waals surface area contributed by atoms with E-state index < -0.39 is 29.4 Å². The minimum atomic E-state index is -0.922. The molecule has 6 heteroatoms. The lowest BCUT2D eigenvalue weighted by molar-refractivity contribution is -0.138. The molecule has 2 aromatic rings. The smallest absolute Gasteiger partial charge is 0.310 e. The van der Waals surface area contributed by atoms with Crippen molar-refractivity contribution in [2.45, 2.75) is 25.2 Å². The van der Waals surface area contributed by atoms with Gasteiger partial charge in [0.05, 0.1) is 5.92 Å². The Kier molecular flexibility index (Phi) is 4.53. The molecule has 0 aromatic heterocycles. The number of aliphatic carboxylic acids is 1. The fourth-order valence-electron chi connectivity index (χ4n) is 2.86. The van der Waals surface area contributed by atoms with E-state index in [-0.39, 0.29) is 17.4 Å². The number of carboxylic acid groups (broad SMARTS) is 1. The lowest BCUT2D eigenvalue weighted by Gasteiger charge is -2.09. The lowest BCUT2D eigenvalue weighted by atomic mass is 10.0. The molecule has 3 rings (SSSR count). The Morgan fingerprint density at radius 2 is 1.84 bits per heavy atom. The number of halogens is 2. The van der Waals surface area contributed by atoms with Crippen LogP contribution in [-0.4, -0.2) is 17.0 Å². The summed E-state index contributed by atoms with van der Waals surface area (Å²) in [5, 5.41) is 11.7. The van der Waals surface area contributed by atoms with Gasteiger partial charge >= 0.3 is 5.97 Å². The Bertz CT molecular complexity index is 820. The average molecular weight is 345 g/mol. The largest absolute Gasteiger partial charge is 0.481 e. The van der Waals surface area contributed by atoms with Gasteiger partial charge in [0.25, 0.3) is 0 Å². The second-order valence-electron chi connectivity index (χ2n) is 6.29. The minimum Gasteiger partial charge on any atom is -0.481 e. The van der Waals surface area contributed by atoms with Crippen LogP contribution in [0.3, 0.4) is 0 Å². The Morgan fingerprint density at radius 3 is 2.48 bits per heavy atom. The number of carboxylic acids is 1. The fourth-order valence-corrected chi connectivity index (χ4v) is 2.86. The van der Waals surface area contributed by atoms with Crippen LogP contribution in [0.4, 0.5) is 14.5 Å². The summed E-state index contributed by atoms with van der Waals surface area (Å²) < 4.78 is 27.0. The van der Waals surface area contributed by atoms with Crippen molar-refractivity contribution in [2.75, 3.05) is 5.32 Å². The van der Waals surface area contributed by atoms with Crippen LogP contribution in [0.1, 0.15) is 36.3 Å². The topological polar surface area (TPSA) is 66.4 Å². The van der Waals surface area contributed by atoms with Gasteiger partial charge < -0.3 is 10.4 Å². The van der Waals surface area contributed by atoms with Crippen LogP contribution in [0, 0.1) is 17.6 Å². The predicted molar refractivity (Wildman–Crippen MR) is 88.3 cm³/mol. The number of anilines is 1. The number of rotatable bonds is 5. The SMILES string of the molecule is CC(C(=O)O)c1ccc(NC(=O)C2CC2c2cc(F)ccc2F)cc1. The molecule has 0 heterocycles. The van der Waals surface area contributed by atoms with Crippen molar-refractivity contribution >= 4 is 17.6 Å². The number of hydrogen-bond acceptors (Lipinski definition) is 2. The first-order valence-electron chi connectivity index (χ1n) is 7.95. The van der Waals surface area contributed by atoms with E-state index in [9.17, 15) is 18.4 Å². The molecule has 1 aliphatic rings. The first-order chi connectivity index (χ1) is 11.9. The third kappa shape index (κ3) is 3.68. The normalized spacial score (nSPS) is 20.0. The van der Waals surface area contributed by atoms with Gasteiger partial charge in [0.2, 0.25) is 5.91 Å². The van der Waals surface area contributed by atoms with Crippen molar-refractivity contribution in [3.05, 3.63) is 65.2 Å². The summed E-state index contributed by atoms with van der Waals surface area (Å²) in [4.78, 5) is 23.2. The van der Waals surface area contributed by atoms with Crippen molar-refractivity contribution in [3.8, 4) is 0 Å². The third-order valence-electron chi connectivity index (χ3n) is 4.53. The second kappa shape index (κ2) is 6.63. The molecule has 1 aliphatic carbocycles. The Hall–Kier alpha value is -2.76.